The number of allylic oxidation sites excluding steroid dienone is 1. The lowest BCUT2D eigenvalue weighted by atomic mass is 10.0. The number of likely N-dealkylation sites (tertiary alicyclic amines) is 1. The maximum atomic E-state index is 13.1. The van der Waals surface area contributed by atoms with Crippen molar-refractivity contribution in [2.24, 2.45) is 0 Å². The number of hydrogen-bond donors (Lipinski definition) is 0. The van der Waals surface area contributed by atoms with Crippen molar-refractivity contribution in [1.29, 1.82) is 0 Å². The van der Waals surface area contributed by atoms with E-state index in [0.29, 0.717) is 12.5 Å². The van der Waals surface area contributed by atoms with Crippen LogP contribution in [0.5, 0.6) is 0 Å². The molecule has 0 unspecified atom stereocenters. The van der Waals surface area contributed by atoms with E-state index in [1.807, 2.05) is 23.1 Å². The fourth-order valence-corrected chi connectivity index (χ4v) is 3.86. The zero-order valence-corrected chi connectivity index (χ0v) is 14.9. The zero-order valence-electron chi connectivity index (χ0n) is 14.9. The third-order valence-corrected chi connectivity index (χ3v) is 5.33. The number of piperazine rings is 1. The number of piperidine rings is 1. The van der Waals surface area contributed by atoms with E-state index in [1.165, 1.54) is 18.6 Å². The highest BCUT2D eigenvalue weighted by Crippen LogP contribution is 2.21. The Morgan fingerprint density at radius 3 is 2.56 bits per heavy atom. The van der Waals surface area contributed by atoms with Gasteiger partial charge in [0.15, 0.2) is 0 Å². The third kappa shape index (κ3) is 4.60. The van der Waals surface area contributed by atoms with Crippen molar-refractivity contribution >= 4 is 11.6 Å². The van der Waals surface area contributed by atoms with Crippen LogP contribution in [0.3, 0.4) is 0 Å². The summed E-state index contributed by atoms with van der Waals surface area (Å²) in [6, 6.07) is 7.22. The van der Waals surface area contributed by atoms with Crippen molar-refractivity contribution in [3.8, 4) is 0 Å². The Morgan fingerprint density at radius 2 is 1.88 bits per heavy atom. The Hall–Kier alpha value is -1.88. The van der Waals surface area contributed by atoms with E-state index in [0.717, 1.165) is 57.8 Å². The molecule has 1 aromatic rings. The summed E-state index contributed by atoms with van der Waals surface area (Å²) in [5.41, 5.74) is 1.09. The highest BCUT2D eigenvalue weighted by atomic mass is 19.1. The Labute approximate surface area is 149 Å². The van der Waals surface area contributed by atoms with Crippen LogP contribution in [0.2, 0.25) is 0 Å². The second kappa shape index (κ2) is 8.48. The molecule has 2 aliphatic rings. The lowest BCUT2D eigenvalue weighted by molar-refractivity contribution is -0.133. The van der Waals surface area contributed by atoms with Crippen LogP contribution in [-0.2, 0) is 4.79 Å². The summed E-state index contributed by atoms with van der Waals surface area (Å²) in [6.45, 7) is 9.34. The molecule has 0 aromatic heterocycles. The first-order chi connectivity index (χ1) is 12.2. The van der Waals surface area contributed by atoms with Crippen LogP contribution in [0.1, 0.15) is 25.7 Å². The molecular weight excluding hydrogens is 317 g/mol. The van der Waals surface area contributed by atoms with Gasteiger partial charge in [0.2, 0.25) is 5.91 Å². The average Bonchev–Trinajstić information content (AvgIpc) is 2.67. The SMILES string of the molecule is C=CCCC(=O)N1CCC[C@H](N2CCN(c3ccc(F)cc3)CC2)C1. The fourth-order valence-electron chi connectivity index (χ4n) is 3.86. The molecule has 2 heterocycles. The molecule has 2 fully saturated rings. The van der Waals surface area contributed by atoms with E-state index >= 15 is 0 Å². The smallest absolute Gasteiger partial charge is 0.222 e. The van der Waals surface area contributed by atoms with E-state index in [-0.39, 0.29) is 11.7 Å². The van der Waals surface area contributed by atoms with Crippen LogP contribution >= 0.6 is 0 Å². The van der Waals surface area contributed by atoms with Crippen LogP contribution in [0.4, 0.5) is 10.1 Å². The summed E-state index contributed by atoms with van der Waals surface area (Å²) in [4.78, 5) is 19.1. The summed E-state index contributed by atoms with van der Waals surface area (Å²) >= 11 is 0. The Bertz CT molecular complexity index is 581. The first-order valence-electron chi connectivity index (χ1n) is 9.30. The molecule has 0 saturated carbocycles. The molecule has 1 aromatic carbocycles. The van der Waals surface area contributed by atoms with Gasteiger partial charge in [0, 0.05) is 57.4 Å². The highest BCUT2D eigenvalue weighted by Gasteiger charge is 2.29. The molecule has 0 bridgehead atoms. The van der Waals surface area contributed by atoms with Crippen molar-refractivity contribution in [2.75, 3.05) is 44.2 Å². The monoisotopic (exact) mass is 345 g/mol. The van der Waals surface area contributed by atoms with Gasteiger partial charge in [-0.2, -0.15) is 0 Å². The number of carbonyl (C=O) groups is 1. The van der Waals surface area contributed by atoms with Crippen molar-refractivity contribution < 1.29 is 9.18 Å². The van der Waals surface area contributed by atoms with Gasteiger partial charge in [0.25, 0.3) is 0 Å². The highest BCUT2D eigenvalue weighted by molar-refractivity contribution is 5.76. The average molecular weight is 345 g/mol. The lowest BCUT2D eigenvalue weighted by Crippen LogP contribution is -2.55. The molecule has 3 rings (SSSR count). The Balaban J connectivity index is 1.51. The number of halogens is 1. The molecular formula is C20H28FN3O. The zero-order chi connectivity index (χ0) is 17.6. The summed E-state index contributed by atoms with van der Waals surface area (Å²) in [5.74, 6) is 0.0698. The maximum Gasteiger partial charge on any atom is 0.222 e. The van der Waals surface area contributed by atoms with E-state index in [1.54, 1.807) is 0 Å². The lowest BCUT2D eigenvalue weighted by Gasteiger charge is -2.44. The minimum atomic E-state index is -0.189. The first-order valence-corrected chi connectivity index (χ1v) is 9.30. The largest absolute Gasteiger partial charge is 0.369 e. The number of amides is 1. The molecule has 0 aliphatic carbocycles. The minimum absolute atomic E-state index is 0.189. The second-order valence-electron chi connectivity index (χ2n) is 6.96. The predicted octanol–water partition coefficient (Wildman–Crippen LogP) is 2.90. The van der Waals surface area contributed by atoms with Gasteiger partial charge in [0.1, 0.15) is 5.82 Å². The minimum Gasteiger partial charge on any atom is -0.369 e. The molecule has 0 spiro atoms. The molecule has 0 radical (unpaired) electrons. The van der Waals surface area contributed by atoms with E-state index in [9.17, 15) is 9.18 Å². The number of rotatable bonds is 5. The number of nitrogens with zero attached hydrogens (tertiary/aromatic N) is 3. The topological polar surface area (TPSA) is 26.8 Å². The summed E-state index contributed by atoms with van der Waals surface area (Å²) in [5, 5.41) is 0. The standard InChI is InChI=1S/C20H28FN3O/c1-2-3-6-20(25)24-11-4-5-19(16-24)23-14-12-22(13-15-23)18-9-7-17(21)8-10-18/h2,7-10,19H,1,3-6,11-16H2/t19-/m0/s1. The van der Waals surface area contributed by atoms with Crippen LogP contribution in [0.15, 0.2) is 36.9 Å². The number of carbonyl (C=O) groups excluding carboxylic acids is 1. The molecule has 136 valence electrons. The fraction of sp³-hybridized carbons (Fsp3) is 0.550. The van der Waals surface area contributed by atoms with Crippen LogP contribution in [-0.4, -0.2) is 61.0 Å². The van der Waals surface area contributed by atoms with Crippen molar-refractivity contribution in [1.82, 2.24) is 9.80 Å². The van der Waals surface area contributed by atoms with Gasteiger partial charge in [-0.25, -0.2) is 4.39 Å². The third-order valence-electron chi connectivity index (χ3n) is 5.33. The molecule has 2 saturated heterocycles. The maximum absolute atomic E-state index is 13.1. The molecule has 4 nitrogen and oxygen atoms in total. The van der Waals surface area contributed by atoms with Gasteiger partial charge in [-0.05, 0) is 43.5 Å². The number of anilines is 1. The molecule has 0 N–H and O–H groups in total. The van der Waals surface area contributed by atoms with E-state index in [4.69, 9.17) is 0 Å². The van der Waals surface area contributed by atoms with Gasteiger partial charge < -0.3 is 9.80 Å². The van der Waals surface area contributed by atoms with Crippen molar-refractivity contribution in [2.45, 2.75) is 31.7 Å². The first kappa shape index (κ1) is 17.9. The molecule has 2 aliphatic heterocycles. The Morgan fingerprint density at radius 1 is 1.16 bits per heavy atom. The van der Waals surface area contributed by atoms with E-state index in [2.05, 4.69) is 16.4 Å². The van der Waals surface area contributed by atoms with Crippen molar-refractivity contribution in [3.63, 3.8) is 0 Å². The van der Waals surface area contributed by atoms with Crippen LogP contribution in [0, 0.1) is 5.82 Å². The van der Waals surface area contributed by atoms with Gasteiger partial charge >= 0.3 is 0 Å². The molecule has 25 heavy (non-hydrogen) atoms. The molecule has 1 amide bonds. The molecule has 1 atom stereocenters. The van der Waals surface area contributed by atoms with Crippen LogP contribution < -0.4 is 4.90 Å². The normalized spacial score (nSPS) is 22.0. The number of benzene rings is 1. The van der Waals surface area contributed by atoms with Gasteiger partial charge in [-0.1, -0.05) is 6.08 Å². The quantitative estimate of drug-likeness (QED) is 0.768. The summed E-state index contributed by atoms with van der Waals surface area (Å²) in [6.07, 6.45) is 5.41. The molecule has 5 heteroatoms. The van der Waals surface area contributed by atoms with Gasteiger partial charge in [0.05, 0.1) is 0 Å². The van der Waals surface area contributed by atoms with Gasteiger partial charge in [-0.15, -0.1) is 6.58 Å². The Kier molecular flexibility index (Phi) is 6.08. The summed E-state index contributed by atoms with van der Waals surface area (Å²) in [7, 11) is 0. The second-order valence-corrected chi connectivity index (χ2v) is 6.96. The van der Waals surface area contributed by atoms with Crippen molar-refractivity contribution in [3.05, 3.63) is 42.7 Å². The summed E-state index contributed by atoms with van der Waals surface area (Å²) < 4.78 is 13.1. The van der Waals surface area contributed by atoms with Gasteiger partial charge in [-0.3, -0.25) is 9.69 Å². The van der Waals surface area contributed by atoms with E-state index < -0.39 is 0 Å². The number of hydrogen-bond acceptors (Lipinski definition) is 3. The predicted molar refractivity (Wildman–Crippen MR) is 99.2 cm³/mol. The van der Waals surface area contributed by atoms with Crippen LogP contribution in [0.25, 0.3) is 0 Å².